The van der Waals surface area contributed by atoms with Crippen LogP contribution in [0.5, 0.6) is 0 Å². The van der Waals surface area contributed by atoms with E-state index in [1.54, 1.807) is 0 Å². The van der Waals surface area contributed by atoms with Crippen molar-refractivity contribution in [2.24, 2.45) is 5.92 Å². The molecule has 0 radical (unpaired) electrons. The van der Waals surface area contributed by atoms with E-state index in [2.05, 4.69) is 0 Å². The molecule has 72 valence electrons. The maximum absolute atomic E-state index is 10.3. The third-order valence-corrected chi connectivity index (χ3v) is 2.91. The van der Waals surface area contributed by atoms with Gasteiger partial charge in [0.25, 0.3) is 0 Å². The summed E-state index contributed by atoms with van der Waals surface area (Å²) in [7, 11) is 0. The fraction of sp³-hybridized carbons (Fsp3) is 1.00. The number of ether oxygens (including phenoxy) is 1. The van der Waals surface area contributed by atoms with E-state index in [9.17, 15) is 4.21 Å². The van der Waals surface area contributed by atoms with Crippen LogP contribution in [0.25, 0.3) is 0 Å². The molecule has 0 aliphatic carbocycles. The van der Waals surface area contributed by atoms with Crippen LogP contribution in [0, 0.1) is 5.92 Å². The highest BCUT2D eigenvalue weighted by Gasteiger charge is 2.13. The average molecular weight is 192 g/mol. The monoisotopic (exact) mass is 192 g/mol. The predicted octanol–water partition coefficient (Wildman–Crippen LogP) is 1.41. The maximum Gasteiger partial charge on any atom is 0.152 e. The van der Waals surface area contributed by atoms with Crippen LogP contribution in [0.2, 0.25) is 0 Å². The quantitative estimate of drug-likeness (QED) is 0.685. The summed E-state index contributed by atoms with van der Waals surface area (Å²) in [5.74, 6) is 1.15. The lowest BCUT2D eigenvalue weighted by atomic mass is 9.95. The van der Waals surface area contributed by atoms with Gasteiger partial charge in [-0.1, -0.05) is 0 Å². The minimum absolute atomic E-state index is 0.428. The Bertz CT molecular complexity index is 143. The number of rotatable bonds is 4. The molecule has 0 spiro atoms. The summed E-state index contributed by atoms with van der Waals surface area (Å²) in [6.07, 6.45) is 4.19. The first-order valence-electron chi connectivity index (χ1n) is 4.44. The predicted molar refractivity (Wildman–Crippen MR) is 48.4 cm³/mol. The van der Waals surface area contributed by atoms with Crippen molar-refractivity contribution in [3.63, 3.8) is 0 Å². The van der Waals surface area contributed by atoms with Crippen LogP contribution in [0.3, 0.4) is 0 Å². The second-order valence-electron chi connectivity index (χ2n) is 3.22. The van der Waals surface area contributed by atoms with Gasteiger partial charge >= 0.3 is 0 Å². The summed E-state index contributed by atoms with van der Waals surface area (Å²) in [5, 5.41) is 0. The molecule has 1 atom stereocenters. The molecule has 0 bridgehead atoms. The molecular weight excluding hydrogens is 176 g/mol. The van der Waals surface area contributed by atoms with E-state index in [0.29, 0.717) is 5.75 Å². The molecule has 1 saturated heterocycles. The van der Waals surface area contributed by atoms with Gasteiger partial charge in [-0.2, -0.15) is 0 Å². The third kappa shape index (κ3) is 4.18. The second kappa shape index (κ2) is 5.67. The molecule has 1 aliphatic rings. The Balaban J connectivity index is 2.01. The van der Waals surface area contributed by atoms with Crippen LogP contribution < -0.4 is 0 Å². The van der Waals surface area contributed by atoms with Crippen molar-refractivity contribution in [1.29, 1.82) is 0 Å². The van der Waals surface area contributed by atoms with Crippen LogP contribution in [0.15, 0.2) is 0 Å². The lowest BCUT2D eigenvalue weighted by molar-refractivity contribution is 0.0638. The Labute approximate surface area is 75.8 Å². The standard InChI is InChI=1S/C8H16O3S/c9-12(10)7-1-2-8-3-5-11-6-4-8/h8H,1-7H2,(H,9,10). The summed E-state index contributed by atoms with van der Waals surface area (Å²) in [6.45, 7) is 1.74. The summed E-state index contributed by atoms with van der Waals surface area (Å²) < 4.78 is 24.1. The zero-order valence-electron chi connectivity index (χ0n) is 7.20. The van der Waals surface area contributed by atoms with Gasteiger partial charge in [0.05, 0.1) is 0 Å². The maximum atomic E-state index is 10.3. The van der Waals surface area contributed by atoms with Gasteiger partial charge in [-0.15, -0.1) is 0 Å². The van der Waals surface area contributed by atoms with E-state index in [4.69, 9.17) is 9.29 Å². The first kappa shape index (κ1) is 10.2. The van der Waals surface area contributed by atoms with Gasteiger partial charge in [0, 0.05) is 19.0 Å². The fourth-order valence-corrected chi connectivity index (χ4v) is 1.94. The minimum Gasteiger partial charge on any atom is -0.381 e. The summed E-state index contributed by atoms with van der Waals surface area (Å²) in [5.41, 5.74) is 0. The van der Waals surface area contributed by atoms with Gasteiger partial charge in [-0.25, -0.2) is 4.21 Å². The van der Waals surface area contributed by atoms with Crippen LogP contribution in [-0.4, -0.2) is 27.7 Å². The molecule has 1 aliphatic heterocycles. The molecule has 0 aromatic carbocycles. The van der Waals surface area contributed by atoms with Crippen molar-refractivity contribution in [2.75, 3.05) is 19.0 Å². The van der Waals surface area contributed by atoms with Gasteiger partial charge in [0.2, 0.25) is 0 Å². The Kier molecular flexibility index (Phi) is 4.80. The molecule has 1 heterocycles. The van der Waals surface area contributed by atoms with E-state index in [0.717, 1.165) is 44.8 Å². The highest BCUT2D eigenvalue weighted by molar-refractivity contribution is 7.79. The van der Waals surface area contributed by atoms with Gasteiger partial charge in [-0.3, -0.25) is 0 Å². The molecule has 0 aromatic rings. The Morgan fingerprint density at radius 1 is 1.42 bits per heavy atom. The van der Waals surface area contributed by atoms with Gasteiger partial charge < -0.3 is 9.29 Å². The molecule has 1 N–H and O–H groups in total. The molecule has 3 nitrogen and oxygen atoms in total. The average Bonchev–Trinajstić information content (AvgIpc) is 2.05. The zero-order chi connectivity index (χ0) is 8.81. The Morgan fingerprint density at radius 3 is 2.67 bits per heavy atom. The minimum atomic E-state index is -1.60. The second-order valence-corrected chi connectivity index (χ2v) is 4.27. The molecule has 0 saturated carbocycles. The largest absolute Gasteiger partial charge is 0.381 e. The van der Waals surface area contributed by atoms with Gasteiger partial charge in [-0.05, 0) is 31.6 Å². The van der Waals surface area contributed by atoms with Crippen molar-refractivity contribution >= 4 is 11.1 Å². The molecule has 1 unspecified atom stereocenters. The molecule has 1 fully saturated rings. The summed E-state index contributed by atoms with van der Waals surface area (Å²) in [4.78, 5) is 0. The van der Waals surface area contributed by atoms with E-state index in [1.807, 2.05) is 0 Å². The van der Waals surface area contributed by atoms with Crippen molar-refractivity contribution < 1.29 is 13.5 Å². The fourth-order valence-electron chi connectivity index (χ4n) is 1.53. The van der Waals surface area contributed by atoms with E-state index in [1.165, 1.54) is 0 Å². The van der Waals surface area contributed by atoms with Crippen molar-refractivity contribution in [3.05, 3.63) is 0 Å². The number of hydrogen-bond acceptors (Lipinski definition) is 2. The summed E-state index contributed by atoms with van der Waals surface area (Å²) >= 11 is -1.60. The third-order valence-electron chi connectivity index (χ3n) is 2.27. The van der Waals surface area contributed by atoms with Crippen LogP contribution in [0.4, 0.5) is 0 Å². The highest BCUT2D eigenvalue weighted by Crippen LogP contribution is 2.19. The van der Waals surface area contributed by atoms with Crippen molar-refractivity contribution in [1.82, 2.24) is 0 Å². The molecule has 1 rings (SSSR count). The molecule has 0 aromatic heterocycles. The molecule has 4 heteroatoms. The Morgan fingerprint density at radius 2 is 2.08 bits per heavy atom. The first-order valence-corrected chi connectivity index (χ1v) is 5.72. The number of hydrogen-bond donors (Lipinski definition) is 1. The van der Waals surface area contributed by atoms with Crippen molar-refractivity contribution in [2.45, 2.75) is 25.7 Å². The van der Waals surface area contributed by atoms with E-state index >= 15 is 0 Å². The highest BCUT2D eigenvalue weighted by atomic mass is 32.2. The smallest absolute Gasteiger partial charge is 0.152 e. The van der Waals surface area contributed by atoms with Crippen LogP contribution in [0.1, 0.15) is 25.7 Å². The molecule has 12 heavy (non-hydrogen) atoms. The molecule has 0 amide bonds. The first-order chi connectivity index (χ1) is 5.79. The van der Waals surface area contributed by atoms with Crippen LogP contribution in [-0.2, 0) is 15.8 Å². The summed E-state index contributed by atoms with van der Waals surface area (Å²) in [6, 6.07) is 0. The lowest BCUT2D eigenvalue weighted by Gasteiger charge is -2.21. The lowest BCUT2D eigenvalue weighted by Crippen LogP contribution is -2.16. The topological polar surface area (TPSA) is 46.5 Å². The van der Waals surface area contributed by atoms with Gasteiger partial charge in [0.15, 0.2) is 11.1 Å². The zero-order valence-corrected chi connectivity index (χ0v) is 8.02. The van der Waals surface area contributed by atoms with E-state index in [-0.39, 0.29) is 0 Å². The molecular formula is C8H16O3S. The van der Waals surface area contributed by atoms with Crippen LogP contribution >= 0.6 is 0 Å². The van der Waals surface area contributed by atoms with Gasteiger partial charge in [0.1, 0.15) is 0 Å². The van der Waals surface area contributed by atoms with Crippen molar-refractivity contribution in [3.8, 4) is 0 Å². The Hall–Kier alpha value is 0.0700. The van der Waals surface area contributed by atoms with E-state index < -0.39 is 11.1 Å². The normalized spacial score (nSPS) is 22.4. The SMILES string of the molecule is O=S(O)CCCC1CCOCC1.